The summed E-state index contributed by atoms with van der Waals surface area (Å²) in [5.74, 6) is 1.45. The number of benzene rings is 15. The summed E-state index contributed by atoms with van der Waals surface area (Å²) in [6, 6.07) is 126. The SMILES string of the molecule is c1ccc(-c2ccc(-c3nc(-c4cccc5c4ccc4cccnc45)nc4c3sc3ccccc34)cc2)cc1.c1ccc(-c2ccc(-c3nc(-c4cccc5c4ccc4cccnc45)nc4ccccc34)cc2)cc1.c1ccc(-c2ccc(-c3nc4ccccc4nc3-c3cccc4c3ccc3cccnc34)cc2)cc1. The van der Waals surface area contributed by atoms with Crippen LogP contribution in [0, 0.1) is 0 Å². The number of aromatic nitrogens is 9. The van der Waals surface area contributed by atoms with Gasteiger partial charge in [0.05, 0.1) is 66.1 Å². The fourth-order valence-corrected chi connectivity index (χ4v) is 16.5. The Morgan fingerprint density at radius 2 is 0.541 bits per heavy atom. The molecular weight excluding hydrogens is 1370 g/mol. The molecule has 15 aromatic carbocycles. The van der Waals surface area contributed by atoms with E-state index < -0.39 is 0 Å². The van der Waals surface area contributed by atoms with Crippen molar-refractivity contribution < 1.29 is 0 Å². The molecule has 9 nitrogen and oxygen atoms in total. The van der Waals surface area contributed by atoms with Gasteiger partial charge in [0.1, 0.15) is 0 Å². The molecule has 518 valence electrons. The normalized spacial score (nSPS) is 11.4. The van der Waals surface area contributed by atoms with Gasteiger partial charge in [0, 0.05) is 99.8 Å². The van der Waals surface area contributed by atoms with Crippen LogP contribution in [0.15, 0.2) is 383 Å². The topological polar surface area (TPSA) is 116 Å². The van der Waals surface area contributed by atoms with Crippen molar-refractivity contribution in [3.8, 4) is 101 Å². The predicted octanol–water partition coefficient (Wildman–Crippen LogP) is 26.2. The molecule has 7 heterocycles. The molecule has 0 saturated carbocycles. The van der Waals surface area contributed by atoms with Crippen molar-refractivity contribution in [3.63, 3.8) is 0 Å². The average Bonchev–Trinajstić information content (AvgIpc) is 1.73. The number of hydrogen-bond donors (Lipinski definition) is 0. The molecule has 0 aliphatic carbocycles. The molecule has 0 amide bonds. The summed E-state index contributed by atoms with van der Waals surface area (Å²) >= 11 is 1.76. The molecule has 22 rings (SSSR count). The van der Waals surface area contributed by atoms with Gasteiger partial charge in [-0.15, -0.1) is 11.3 Å². The van der Waals surface area contributed by atoms with Crippen LogP contribution >= 0.6 is 11.3 Å². The number of hydrogen-bond acceptors (Lipinski definition) is 10. The lowest BCUT2D eigenvalue weighted by Crippen LogP contribution is -1.96. The molecule has 0 bridgehead atoms. The number of thiophene rings is 1. The van der Waals surface area contributed by atoms with E-state index in [2.05, 4.69) is 306 Å². The summed E-state index contributed by atoms with van der Waals surface area (Å²) < 4.78 is 2.33. The molecule has 0 aliphatic rings. The van der Waals surface area contributed by atoms with Crippen molar-refractivity contribution in [1.29, 1.82) is 0 Å². The van der Waals surface area contributed by atoms with Gasteiger partial charge in [-0.2, -0.15) is 0 Å². The second kappa shape index (κ2) is 28.5. The summed E-state index contributed by atoms with van der Waals surface area (Å²) in [5.41, 5.74) is 23.8. The molecule has 0 unspecified atom stereocenters. The van der Waals surface area contributed by atoms with Gasteiger partial charge in [0.15, 0.2) is 11.6 Å². The van der Waals surface area contributed by atoms with Gasteiger partial charge in [0.2, 0.25) is 0 Å². The van der Waals surface area contributed by atoms with Crippen LogP contribution in [-0.2, 0) is 0 Å². The Balaban J connectivity index is 0.000000109. The largest absolute Gasteiger partial charge is 0.256 e. The minimum Gasteiger partial charge on any atom is -0.256 e. The van der Waals surface area contributed by atoms with Crippen LogP contribution in [0.5, 0.6) is 0 Å². The number of fused-ring (bicyclic) bond motifs is 14. The van der Waals surface area contributed by atoms with Crippen molar-refractivity contribution in [2.75, 3.05) is 0 Å². The Labute approximate surface area is 643 Å². The number of rotatable bonds is 9. The van der Waals surface area contributed by atoms with E-state index in [-0.39, 0.29) is 0 Å². The zero-order valence-electron chi connectivity index (χ0n) is 59.8. The third kappa shape index (κ3) is 12.4. The van der Waals surface area contributed by atoms with Crippen LogP contribution in [0.4, 0.5) is 0 Å². The molecule has 10 heteroatoms. The summed E-state index contributed by atoms with van der Waals surface area (Å²) in [7, 11) is 0. The molecule has 0 spiro atoms. The first-order valence-electron chi connectivity index (χ1n) is 37.0. The fourth-order valence-electron chi connectivity index (χ4n) is 15.4. The zero-order chi connectivity index (χ0) is 73.6. The molecule has 0 radical (unpaired) electrons. The van der Waals surface area contributed by atoms with Gasteiger partial charge in [-0.25, -0.2) is 29.9 Å². The molecule has 7 aromatic heterocycles. The Bertz CT molecular complexity index is 7300. The highest BCUT2D eigenvalue weighted by Gasteiger charge is 2.22. The van der Waals surface area contributed by atoms with Crippen LogP contribution in [0.1, 0.15) is 0 Å². The van der Waals surface area contributed by atoms with Crippen LogP contribution in [0.2, 0.25) is 0 Å². The second-order valence-corrected chi connectivity index (χ2v) is 28.5. The summed E-state index contributed by atoms with van der Waals surface area (Å²) in [6.45, 7) is 0. The van der Waals surface area contributed by atoms with E-state index in [0.717, 1.165) is 170 Å². The lowest BCUT2D eigenvalue weighted by atomic mass is 9.95. The zero-order valence-corrected chi connectivity index (χ0v) is 60.6. The highest BCUT2D eigenvalue weighted by molar-refractivity contribution is 7.26. The fraction of sp³-hybridized carbons (Fsp3) is 0. The van der Waals surface area contributed by atoms with Gasteiger partial charge in [-0.3, -0.25) is 15.0 Å². The second-order valence-electron chi connectivity index (χ2n) is 27.4. The maximum Gasteiger partial charge on any atom is 0.161 e. The van der Waals surface area contributed by atoms with E-state index in [0.29, 0.717) is 0 Å². The lowest BCUT2D eigenvalue weighted by molar-refractivity contribution is 1.23. The van der Waals surface area contributed by atoms with Gasteiger partial charge in [0.25, 0.3) is 0 Å². The van der Waals surface area contributed by atoms with Crippen LogP contribution in [-0.4, -0.2) is 44.9 Å². The first-order chi connectivity index (χ1) is 55.0. The Morgan fingerprint density at radius 1 is 0.180 bits per heavy atom. The van der Waals surface area contributed by atoms with Gasteiger partial charge in [-0.1, -0.05) is 322 Å². The van der Waals surface area contributed by atoms with Crippen molar-refractivity contribution >= 4 is 119 Å². The maximum absolute atomic E-state index is 5.25. The molecule has 0 fully saturated rings. The minimum absolute atomic E-state index is 0.719. The quantitative estimate of drug-likeness (QED) is 0.130. The van der Waals surface area contributed by atoms with Crippen LogP contribution < -0.4 is 0 Å². The molecule has 111 heavy (non-hydrogen) atoms. The van der Waals surface area contributed by atoms with E-state index in [9.17, 15) is 0 Å². The number of para-hydroxylation sites is 3. The van der Waals surface area contributed by atoms with Gasteiger partial charge < -0.3 is 0 Å². The average molecular weight is 1430 g/mol. The first kappa shape index (κ1) is 65.8. The van der Waals surface area contributed by atoms with Crippen molar-refractivity contribution in [3.05, 3.63) is 383 Å². The Kier molecular flexibility index (Phi) is 16.9. The first-order valence-corrected chi connectivity index (χ1v) is 37.9. The third-order valence-corrected chi connectivity index (χ3v) is 22.0. The van der Waals surface area contributed by atoms with Gasteiger partial charge in [-0.05, 0) is 92.0 Å². The molecule has 22 aromatic rings. The highest BCUT2D eigenvalue weighted by Crippen LogP contribution is 2.43. The number of pyridine rings is 3. The van der Waals surface area contributed by atoms with E-state index >= 15 is 0 Å². The Hall–Kier alpha value is -14.7. The summed E-state index contributed by atoms with van der Waals surface area (Å²) in [4.78, 5) is 44.9. The minimum atomic E-state index is 0.719. The Morgan fingerprint density at radius 3 is 1.04 bits per heavy atom. The monoisotopic (exact) mass is 1430 g/mol. The van der Waals surface area contributed by atoms with Crippen molar-refractivity contribution in [2.45, 2.75) is 0 Å². The molecule has 0 atom stereocenters. The standard InChI is InChI=1S/C35H21N3S.2C33H21N3/c1-2-8-22(9-3-1)23-15-17-25(18-16-23)32-34-33(29-11-4-5-14-30(29)39-34)38-35(37-32)28-13-6-12-27-26(28)20-19-24-10-7-21-36-31(24)27;1-2-8-22(9-3-1)23-15-17-25(18-16-23)32-33(36-30-14-5-4-13-29(30)35-32)28-12-6-11-27-26(28)20-19-24-10-7-21-34-31(24)27;1-2-8-22(9-3-1)23-15-17-25(18-16-23)32-29-11-4-5-14-30(29)35-33(36-32)28-13-6-12-27-26(28)20-19-24-10-7-21-34-31(24)27/h1-21H;2*1-21H. The van der Waals surface area contributed by atoms with Crippen molar-refractivity contribution in [1.82, 2.24) is 44.9 Å². The molecule has 0 saturated heterocycles. The maximum atomic E-state index is 5.25. The van der Waals surface area contributed by atoms with Crippen LogP contribution in [0.3, 0.4) is 0 Å². The van der Waals surface area contributed by atoms with E-state index in [4.69, 9.17) is 29.9 Å². The van der Waals surface area contributed by atoms with E-state index in [1.165, 1.54) is 38.1 Å². The number of nitrogens with zero attached hydrogens (tertiary/aromatic N) is 9. The molecular formula is C101H63N9S. The molecule has 0 aliphatic heterocycles. The smallest absolute Gasteiger partial charge is 0.161 e. The summed E-state index contributed by atoms with van der Waals surface area (Å²) in [6.07, 6.45) is 5.55. The van der Waals surface area contributed by atoms with Gasteiger partial charge >= 0.3 is 0 Å². The van der Waals surface area contributed by atoms with Crippen LogP contribution in [0.25, 0.3) is 208 Å². The van der Waals surface area contributed by atoms with E-state index in [1.807, 2.05) is 91.4 Å². The third-order valence-electron chi connectivity index (χ3n) is 20.8. The lowest BCUT2D eigenvalue weighted by Gasteiger charge is -2.14. The van der Waals surface area contributed by atoms with E-state index in [1.54, 1.807) is 11.3 Å². The highest BCUT2D eigenvalue weighted by atomic mass is 32.1. The predicted molar refractivity (Wildman–Crippen MR) is 461 cm³/mol. The molecule has 0 N–H and O–H groups in total. The van der Waals surface area contributed by atoms with Crippen molar-refractivity contribution in [2.24, 2.45) is 0 Å². The summed E-state index contributed by atoms with van der Waals surface area (Å²) in [5, 5.41) is 12.2.